The number of H-pyrrole nitrogens is 2. The zero-order valence-electron chi connectivity index (χ0n) is 37.0. The van der Waals surface area contributed by atoms with E-state index in [4.69, 9.17) is 19.9 Å². The van der Waals surface area contributed by atoms with Gasteiger partial charge >= 0.3 is 17.1 Å². The molecule has 0 bridgehead atoms. The zero-order valence-corrected chi connectivity index (χ0v) is 37.0. The number of allylic oxidation sites excluding steroid dienone is 1. The minimum absolute atomic E-state index is 0. The van der Waals surface area contributed by atoms with E-state index in [0.29, 0.717) is 25.7 Å². The maximum atomic E-state index is 14.7. The van der Waals surface area contributed by atoms with Crippen LogP contribution in [0.25, 0.3) is 0 Å². The third kappa shape index (κ3) is 12.5. The van der Waals surface area contributed by atoms with Crippen LogP contribution < -0.4 is 33.9 Å². The van der Waals surface area contributed by atoms with Crippen LogP contribution in [0.15, 0.2) is 72.9 Å². The van der Waals surface area contributed by atoms with Gasteiger partial charge < -0.3 is 30.2 Å². The highest BCUT2D eigenvalue weighted by Crippen LogP contribution is 2.48. The van der Waals surface area contributed by atoms with E-state index < -0.39 is 94.9 Å². The Balaban J connectivity index is 0.000000484. The standard InChI is InChI=1S/C15H23FN2O3.C15H21FN2O3.C13H20FN3O4.3CH4/c2*1-4-6-8-15(5-2)10(3)12(16)13(21-15)18-9-7-11(19)17-14(18)20;1-2-3-5-13(7-18)10(19)9(14)11(21-13)17-6-4-8(15)16-12(17)20;;;/h7,9-10,12-13H,4-6,8H2,1-3H3,(H,17,19,20);6-10,12-13H,4-5H2,1-3H3,(H,17,19,20);4,6,9-11,18-19H,2-3,5,7H2,1H3,(H2,15,16,20);3*1H4/b;8-6+;;;;/t2*10-,12+,13+,15-;9-,10+,11-,13-;;;/m001.../s1. The Bertz CT molecular complexity index is 2290. The third-order valence-electron chi connectivity index (χ3n) is 12.6. The average molecular weight is 944 g/mol. The van der Waals surface area contributed by atoms with Gasteiger partial charge in [0.25, 0.3) is 11.1 Å². The molecule has 66 heavy (non-hydrogen) atoms. The quantitative estimate of drug-likeness (QED) is 0.110. The molecule has 0 aromatic carbocycles. The van der Waals surface area contributed by atoms with Crippen molar-refractivity contribution < 1.29 is 37.6 Å². The Morgan fingerprint density at radius 2 is 1.18 bits per heavy atom. The lowest BCUT2D eigenvalue weighted by molar-refractivity contribution is -0.133. The van der Waals surface area contributed by atoms with Gasteiger partial charge in [0.2, 0.25) is 0 Å². The van der Waals surface area contributed by atoms with Crippen molar-refractivity contribution in [3.8, 4) is 0 Å². The number of halogens is 3. The summed E-state index contributed by atoms with van der Waals surface area (Å²) in [6.07, 6.45) is 5.07. The lowest BCUT2D eigenvalue weighted by Gasteiger charge is -2.31. The van der Waals surface area contributed by atoms with Crippen molar-refractivity contribution in [3.63, 3.8) is 0 Å². The number of aromatic nitrogens is 6. The fraction of sp³-hybridized carbons (Fsp3) is 0.696. The number of nitrogens with one attached hydrogen (secondary N) is 2. The minimum atomic E-state index is -1.84. The smallest absolute Gasteiger partial charge is 0.351 e. The molecule has 0 radical (unpaired) electrons. The van der Waals surface area contributed by atoms with Crippen molar-refractivity contribution in [1.82, 2.24) is 28.7 Å². The van der Waals surface area contributed by atoms with Crippen LogP contribution in [0.2, 0.25) is 0 Å². The van der Waals surface area contributed by atoms with Crippen LogP contribution in [-0.2, 0) is 14.2 Å². The van der Waals surface area contributed by atoms with Crippen molar-refractivity contribution in [2.75, 3.05) is 12.3 Å². The molecule has 6 N–H and O–H groups in total. The summed E-state index contributed by atoms with van der Waals surface area (Å²) >= 11 is 0. The van der Waals surface area contributed by atoms with Crippen molar-refractivity contribution in [3.05, 3.63) is 101 Å². The molecule has 3 saturated heterocycles. The van der Waals surface area contributed by atoms with Crippen LogP contribution in [0.5, 0.6) is 0 Å². The van der Waals surface area contributed by atoms with Gasteiger partial charge in [-0.05, 0) is 38.2 Å². The van der Waals surface area contributed by atoms with Crippen LogP contribution >= 0.6 is 0 Å². The Hall–Kier alpha value is -4.63. The molecule has 0 amide bonds. The number of aliphatic hydroxyl groups excluding tert-OH is 2. The summed E-state index contributed by atoms with van der Waals surface area (Å²) in [6.45, 7) is 13.0. The first kappa shape index (κ1) is 59.4. The molecule has 3 fully saturated rings. The minimum Gasteiger partial charge on any atom is -0.393 e. The Kier molecular flexibility index (Phi) is 22.9. The van der Waals surface area contributed by atoms with Crippen molar-refractivity contribution >= 4 is 5.82 Å². The van der Waals surface area contributed by atoms with Gasteiger partial charge in [0, 0.05) is 42.6 Å². The number of unbranched alkanes of at least 4 members (excludes halogenated alkanes) is 2. The summed E-state index contributed by atoms with van der Waals surface area (Å²) in [5.74, 6) is -0.656. The second-order valence-corrected chi connectivity index (χ2v) is 16.4. The van der Waals surface area contributed by atoms with Gasteiger partial charge in [-0.2, -0.15) is 4.98 Å². The highest BCUT2D eigenvalue weighted by Gasteiger charge is 2.56. The van der Waals surface area contributed by atoms with Crippen LogP contribution in [0.4, 0.5) is 19.0 Å². The molecule has 3 aliphatic heterocycles. The van der Waals surface area contributed by atoms with Crippen molar-refractivity contribution in [2.24, 2.45) is 11.8 Å². The fourth-order valence-electron chi connectivity index (χ4n) is 8.46. The Morgan fingerprint density at radius 1 is 0.712 bits per heavy atom. The van der Waals surface area contributed by atoms with E-state index in [9.17, 15) is 47.4 Å². The lowest BCUT2D eigenvalue weighted by atomic mass is 9.81. The molecule has 3 aromatic rings. The molecule has 3 aliphatic rings. The molecule has 3 aromatic heterocycles. The van der Waals surface area contributed by atoms with E-state index in [1.807, 2.05) is 46.8 Å². The maximum Gasteiger partial charge on any atom is 0.351 e. The van der Waals surface area contributed by atoms with E-state index in [2.05, 4.69) is 21.9 Å². The average Bonchev–Trinajstić information content (AvgIpc) is 3.77. The number of nitrogens with two attached hydrogens (primary N) is 1. The molecule has 17 nitrogen and oxygen atoms in total. The van der Waals surface area contributed by atoms with Crippen LogP contribution in [-0.4, -0.2) is 86.9 Å². The van der Waals surface area contributed by atoms with Crippen LogP contribution in [0.3, 0.4) is 0 Å². The van der Waals surface area contributed by atoms with E-state index in [0.717, 1.165) is 45.8 Å². The van der Waals surface area contributed by atoms with E-state index in [1.165, 1.54) is 36.8 Å². The predicted molar refractivity (Wildman–Crippen MR) is 249 cm³/mol. The van der Waals surface area contributed by atoms with Gasteiger partial charge in [0.15, 0.2) is 37.2 Å². The topological polar surface area (TPSA) is 239 Å². The second-order valence-electron chi connectivity index (χ2n) is 16.4. The molecule has 6 heterocycles. The first-order valence-electron chi connectivity index (χ1n) is 21.7. The SMILES string of the molecule is C.C.C.CC/C=C/[C@]1(CC)O[C@@H](n2ccc(=O)[nH]c2=O)[C@H](F)[C@@H]1C.CCCC[C@]1(CC)O[C@@H](n2ccc(=O)[nH]c2=O)[C@H](F)[C@@H]1C.CCCC[C@]1(CO)O[C@@H](n2ccc(N)nc2=O)[C@H](F)[C@@H]1O. The normalized spacial score (nSPS) is 31.1. The number of nitrogen functional groups attached to an aromatic ring is 1. The lowest BCUT2D eigenvalue weighted by Crippen LogP contribution is -2.45. The van der Waals surface area contributed by atoms with E-state index in [1.54, 1.807) is 6.92 Å². The highest BCUT2D eigenvalue weighted by atomic mass is 19.1. The highest BCUT2D eigenvalue weighted by molar-refractivity contribution is 5.24. The van der Waals surface area contributed by atoms with Crippen molar-refractivity contribution in [1.29, 1.82) is 0 Å². The molecule has 0 aliphatic carbocycles. The number of aromatic amines is 2. The number of hydrogen-bond donors (Lipinski definition) is 5. The third-order valence-corrected chi connectivity index (χ3v) is 12.6. The molecule has 376 valence electrons. The zero-order chi connectivity index (χ0) is 46.9. The first-order valence-corrected chi connectivity index (χ1v) is 21.7. The summed E-state index contributed by atoms with van der Waals surface area (Å²) in [6, 6.07) is 3.74. The summed E-state index contributed by atoms with van der Waals surface area (Å²) < 4.78 is 64.3. The van der Waals surface area contributed by atoms with Gasteiger partial charge in [-0.15, -0.1) is 0 Å². The van der Waals surface area contributed by atoms with Gasteiger partial charge in [-0.25, -0.2) is 27.6 Å². The number of alkyl halides is 3. The number of hydrogen-bond acceptors (Lipinski definition) is 12. The molecule has 0 spiro atoms. The summed E-state index contributed by atoms with van der Waals surface area (Å²) in [5.41, 5.74) is -0.351. The molecule has 12 atom stereocenters. The Labute approximate surface area is 385 Å². The number of ether oxygens (including phenoxy) is 3. The fourth-order valence-corrected chi connectivity index (χ4v) is 8.46. The Morgan fingerprint density at radius 3 is 1.64 bits per heavy atom. The largest absolute Gasteiger partial charge is 0.393 e. The molecular formula is C46H76F3N7O10. The van der Waals surface area contributed by atoms with Crippen LogP contribution in [0, 0.1) is 11.8 Å². The summed E-state index contributed by atoms with van der Waals surface area (Å²) in [7, 11) is 0. The molecule has 0 unspecified atom stereocenters. The van der Waals surface area contributed by atoms with Crippen molar-refractivity contribution in [2.45, 2.75) is 189 Å². The first-order chi connectivity index (χ1) is 29.8. The second kappa shape index (κ2) is 25.5. The number of rotatable bonds is 14. The molecule has 20 heteroatoms. The predicted octanol–water partition coefficient (Wildman–Crippen LogP) is 6.42. The molecule has 0 saturated carbocycles. The maximum absolute atomic E-state index is 14.7. The number of nitrogens with zero attached hydrogens (tertiary/aromatic N) is 4. The summed E-state index contributed by atoms with van der Waals surface area (Å²) in [5, 5.41) is 19.6. The summed E-state index contributed by atoms with van der Waals surface area (Å²) in [4.78, 5) is 65.5. The van der Waals surface area contributed by atoms with Crippen LogP contribution in [0.1, 0.15) is 147 Å². The van der Waals surface area contributed by atoms with Gasteiger partial charge in [0.1, 0.15) is 17.5 Å². The number of aliphatic hydroxyl groups is 2. The van der Waals surface area contributed by atoms with Gasteiger partial charge in [-0.1, -0.05) is 109 Å². The van der Waals surface area contributed by atoms with E-state index >= 15 is 0 Å². The van der Waals surface area contributed by atoms with Gasteiger partial charge in [0.05, 0.1) is 17.8 Å². The molecule has 6 rings (SSSR count). The molecular weight excluding hydrogens is 868 g/mol. The monoisotopic (exact) mass is 944 g/mol. The van der Waals surface area contributed by atoms with E-state index in [-0.39, 0.29) is 39.9 Å². The van der Waals surface area contributed by atoms with Gasteiger partial charge in [-0.3, -0.25) is 33.3 Å². The number of anilines is 1.